The SMILES string of the molecule is CCOC(=O)C[C@@H](NC(=O)c1ccccc1Cl)C(N)=O. The first-order valence-corrected chi connectivity index (χ1v) is 6.33. The van der Waals surface area contributed by atoms with E-state index in [4.69, 9.17) is 22.1 Å². The Kier molecular flexibility index (Phi) is 5.99. The van der Waals surface area contributed by atoms with E-state index in [9.17, 15) is 14.4 Å². The molecular weight excluding hydrogens is 284 g/mol. The zero-order chi connectivity index (χ0) is 15.1. The normalized spacial score (nSPS) is 11.5. The first kappa shape index (κ1) is 16.0. The van der Waals surface area contributed by atoms with E-state index in [2.05, 4.69) is 5.32 Å². The van der Waals surface area contributed by atoms with Crippen LogP contribution in [0.2, 0.25) is 5.02 Å². The number of carbonyl (C=O) groups is 3. The number of primary amides is 1. The van der Waals surface area contributed by atoms with Crippen molar-refractivity contribution in [2.45, 2.75) is 19.4 Å². The van der Waals surface area contributed by atoms with Crippen molar-refractivity contribution in [2.24, 2.45) is 5.73 Å². The molecule has 0 saturated heterocycles. The lowest BCUT2D eigenvalue weighted by atomic mass is 10.1. The van der Waals surface area contributed by atoms with Gasteiger partial charge in [0.15, 0.2) is 0 Å². The lowest BCUT2D eigenvalue weighted by Gasteiger charge is -2.15. The topological polar surface area (TPSA) is 98.5 Å². The molecular formula is C13H15ClN2O4. The lowest BCUT2D eigenvalue weighted by molar-refractivity contribution is -0.145. The molecule has 0 spiro atoms. The maximum atomic E-state index is 12.0. The van der Waals surface area contributed by atoms with E-state index in [0.29, 0.717) is 0 Å². The average molecular weight is 299 g/mol. The second kappa shape index (κ2) is 7.49. The van der Waals surface area contributed by atoms with Gasteiger partial charge in [0.2, 0.25) is 5.91 Å². The predicted molar refractivity (Wildman–Crippen MR) is 73.2 cm³/mol. The number of ether oxygens (including phenoxy) is 1. The Morgan fingerprint density at radius 1 is 1.35 bits per heavy atom. The minimum atomic E-state index is -1.14. The summed E-state index contributed by atoms with van der Waals surface area (Å²) >= 11 is 5.87. The summed E-state index contributed by atoms with van der Waals surface area (Å²) in [6, 6.07) is 5.20. The molecule has 0 heterocycles. The highest BCUT2D eigenvalue weighted by molar-refractivity contribution is 6.33. The van der Waals surface area contributed by atoms with Gasteiger partial charge in [-0.1, -0.05) is 23.7 Å². The summed E-state index contributed by atoms with van der Waals surface area (Å²) in [5.41, 5.74) is 5.35. The van der Waals surface area contributed by atoms with Crippen molar-refractivity contribution < 1.29 is 19.1 Å². The van der Waals surface area contributed by atoms with Crippen molar-refractivity contribution in [3.8, 4) is 0 Å². The van der Waals surface area contributed by atoms with Crippen LogP contribution in [0.25, 0.3) is 0 Å². The summed E-state index contributed by atoms with van der Waals surface area (Å²) in [7, 11) is 0. The van der Waals surface area contributed by atoms with Crippen LogP contribution < -0.4 is 11.1 Å². The number of hydrogen-bond acceptors (Lipinski definition) is 4. The number of amides is 2. The van der Waals surface area contributed by atoms with Crippen LogP contribution in [0.5, 0.6) is 0 Å². The standard InChI is InChI=1S/C13H15ClN2O4/c1-2-20-11(17)7-10(12(15)18)16-13(19)8-5-3-4-6-9(8)14/h3-6,10H,2,7H2,1H3,(H2,15,18)(H,16,19)/t10-/m1/s1. The number of halogens is 1. The minimum Gasteiger partial charge on any atom is -0.466 e. The van der Waals surface area contributed by atoms with Gasteiger partial charge in [-0.05, 0) is 19.1 Å². The molecule has 0 saturated carbocycles. The molecule has 2 amide bonds. The van der Waals surface area contributed by atoms with Crippen molar-refractivity contribution in [3.63, 3.8) is 0 Å². The molecule has 1 rings (SSSR count). The second-order valence-corrected chi connectivity index (χ2v) is 4.32. The van der Waals surface area contributed by atoms with E-state index in [1.54, 1.807) is 25.1 Å². The molecule has 0 radical (unpaired) electrons. The molecule has 7 heteroatoms. The highest BCUT2D eigenvalue weighted by atomic mass is 35.5. The Bertz CT molecular complexity index is 519. The van der Waals surface area contributed by atoms with Crippen molar-refractivity contribution in [3.05, 3.63) is 34.9 Å². The summed E-state index contributed by atoms with van der Waals surface area (Å²) in [6.07, 6.45) is -0.320. The molecule has 0 bridgehead atoms. The monoisotopic (exact) mass is 298 g/mol. The van der Waals surface area contributed by atoms with Gasteiger partial charge in [-0.25, -0.2) is 0 Å². The Labute approximate surface area is 121 Å². The van der Waals surface area contributed by atoms with E-state index >= 15 is 0 Å². The third-order valence-electron chi connectivity index (χ3n) is 2.44. The quantitative estimate of drug-likeness (QED) is 0.762. The summed E-state index contributed by atoms with van der Waals surface area (Å²) in [6.45, 7) is 1.82. The molecule has 3 N–H and O–H groups in total. The number of carbonyl (C=O) groups excluding carboxylic acids is 3. The van der Waals surface area contributed by atoms with E-state index in [1.807, 2.05) is 0 Å². The van der Waals surface area contributed by atoms with Gasteiger partial charge in [-0.3, -0.25) is 14.4 Å². The summed E-state index contributed by atoms with van der Waals surface area (Å²) in [4.78, 5) is 34.6. The molecule has 20 heavy (non-hydrogen) atoms. The third kappa shape index (κ3) is 4.55. The maximum Gasteiger partial charge on any atom is 0.308 e. The molecule has 0 aliphatic carbocycles. The second-order valence-electron chi connectivity index (χ2n) is 3.92. The van der Waals surface area contributed by atoms with Gasteiger partial charge in [0.1, 0.15) is 6.04 Å². The van der Waals surface area contributed by atoms with Crippen molar-refractivity contribution in [1.82, 2.24) is 5.32 Å². The Morgan fingerprint density at radius 2 is 2.00 bits per heavy atom. The fraction of sp³-hybridized carbons (Fsp3) is 0.308. The van der Waals surface area contributed by atoms with Crippen LogP contribution in [-0.4, -0.2) is 30.4 Å². The van der Waals surface area contributed by atoms with Gasteiger partial charge < -0.3 is 15.8 Å². The van der Waals surface area contributed by atoms with Gasteiger partial charge >= 0.3 is 5.97 Å². The molecule has 1 aromatic carbocycles. The first-order chi connectivity index (χ1) is 9.45. The number of nitrogens with two attached hydrogens (primary N) is 1. The molecule has 0 aliphatic rings. The minimum absolute atomic E-state index is 0.183. The summed E-state index contributed by atoms with van der Waals surface area (Å²) in [5.74, 6) is -2.02. The van der Waals surface area contributed by atoms with Crippen molar-refractivity contribution in [1.29, 1.82) is 0 Å². The van der Waals surface area contributed by atoms with Crippen LogP contribution in [-0.2, 0) is 14.3 Å². The molecule has 0 fully saturated rings. The Morgan fingerprint density at radius 3 is 2.55 bits per heavy atom. The molecule has 6 nitrogen and oxygen atoms in total. The molecule has 0 unspecified atom stereocenters. The van der Waals surface area contributed by atoms with E-state index < -0.39 is 23.8 Å². The Hall–Kier alpha value is -2.08. The number of benzene rings is 1. The molecule has 0 aromatic heterocycles. The maximum absolute atomic E-state index is 12.0. The molecule has 108 valence electrons. The van der Waals surface area contributed by atoms with Crippen LogP contribution in [0.15, 0.2) is 24.3 Å². The third-order valence-corrected chi connectivity index (χ3v) is 2.77. The van der Waals surface area contributed by atoms with Crippen LogP contribution in [0.4, 0.5) is 0 Å². The van der Waals surface area contributed by atoms with Crippen molar-refractivity contribution in [2.75, 3.05) is 6.61 Å². The smallest absolute Gasteiger partial charge is 0.308 e. The summed E-state index contributed by atoms with van der Waals surface area (Å²) in [5, 5.41) is 2.60. The molecule has 1 aromatic rings. The Balaban J connectivity index is 2.76. The fourth-order valence-electron chi connectivity index (χ4n) is 1.49. The molecule has 0 aliphatic heterocycles. The largest absolute Gasteiger partial charge is 0.466 e. The fourth-order valence-corrected chi connectivity index (χ4v) is 1.71. The highest BCUT2D eigenvalue weighted by Gasteiger charge is 2.23. The lowest BCUT2D eigenvalue weighted by Crippen LogP contribution is -2.46. The van der Waals surface area contributed by atoms with Gasteiger partial charge in [0.25, 0.3) is 5.91 Å². The number of nitrogens with one attached hydrogen (secondary N) is 1. The number of hydrogen-bond donors (Lipinski definition) is 2. The van der Waals surface area contributed by atoms with Crippen LogP contribution in [0.3, 0.4) is 0 Å². The average Bonchev–Trinajstić information content (AvgIpc) is 2.38. The van der Waals surface area contributed by atoms with Crippen LogP contribution in [0, 0.1) is 0 Å². The summed E-state index contributed by atoms with van der Waals surface area (Å²) < 4.78 is 4.71. The number of esters is 1. The van der Waals surface area contributed by atoms with E-state index in [0.717, 1.165) is 0 Å². The van der Waals surface area contributed by atoms with E-state index in [-0.39, 0.29) is 23.6 Å². The van der Waals surface area contributed by atoms with E-state index in [1.165, 1.54) is 6.07 Å². The zero-order valence-corrected chi connectivity index (χ0v) is 11.6. The number of rotatable bonds is 6. The van der Waals surface area contributed by atoms with Crippen molar-refractivity contribution >= 4 is 29.4 Å². The zero-order valence-electron chi connectivity index (χ0n) is 10.9. The van der Waals surface area contributed by atoms with Gasteiger partial charge in [-0.2, -0.15) is 0 Å². The van der Waals surface area contributed by atoms with Gasteiger partial charge in [-0.15, -0.1) is 0 Å². The van der Waals surface area contributed by atoms with Crippen LogP contribution in [0.1, 0.15) is 23.7 Å². The first-order valence-electron chi connectivity index (χ1n) is 5.96. The highest BCUT2D eigenvalue weighted by Crippen LogP contribution is 2.14. The predicted octanol–water partition coefficient (Wildman–Crippen LogP) is 0.877. The van der Waals surface area contributed by atoms with Crippen LogP contribution >= 0.6 is 11.6 Å². The van der Waals surface area contributed by atoms with Gasteiger partial charge in [0, 0.05) is 0 Å². The molecule has 1 atom stereocenters. The van der Waals surface area contributed by atoms with Gasteiger partial charge in [0.05, 0.1) is 23.6 Å².